The molecular weight excluding hydrogens is 640 g/mol. The quantitative estimate of drug-likeness (QED) is 0.134. The molecule has 0 amide bonds. The van der Waals surface area contributed by atoms with Gasteiger partial charge in [-0.15, -0.1) is 0 Å². The Morgan fingerprint density at radius 2 is 1.74 bits per heavy atom. The number of aromatic nitrogens is 1. The van der Waals surface area contributed by atoms with Crippen molar-refractivity contribution in [1.82, 2.24) is 4.98 Å². The summed E-state index contributed by atoms with van der Waals surface area (Å²) < 4.78 is 13.5. The first kappa shape index (κ1) is 22.2. The van der Waals surface area contributed by atoms with Gasteiger partial charge in [0.25, 0.3) is 5.22 Å². The molecule has 4 aromatic rings. The summed E-state index contributed by atoms with van der Waals surface area (Å²) in [7, 11) is 0. The maximum absolute atomic E-state index is 11.8. The van der Waals surface area contributed by atoms with E-state index >= 15 is 0 Å². The summed E-state index contributed by atoms with van der Waals surface area (Å²) in [4.78, 5) is 16.3. The number of hydrogen-bond acceptors (Lipinski definition) is 5. The van der Waals surface area contributed by atoms with Crippen molar-refractivity contribution >= 4 is 80.1 Å². The van der Waals surface area contributed by atoms with Crippen molar-refractivity contribution in [3.63, 3.8) is 0 Å². The first-order chi connectivity index (χ1) is 15.0. The van der Waals surface area contributed by atoms with E-state index in [4.69, 9.17) is 9.15 Å². The molecule has 1 N–H and O–H groups in total. The number of benzene rings is 3. The minimum atomic E-state index is -1.04. The zero-order valence-corrected chi connectivity index (χ0v) is 21.1. The Morgan fingerprint density at radius 3 is 2.42 bits per heavy atom. The van der Waals surface area contributed by atoms with E-state index in [2.05, 4.69) is 50.2 Å². The maximum Gasteiger partial charge on any atom is 0.342 e. The molecule has 0 fully saturated rings. The Morgan fingerprint density at radius 1 is 1.06 bits per heavy atom. The van der Waals surface area contributed by atoms with E-state index in [0.29, 0.717) is 22.9 Å². The second-order valence-corrected chi connectivity index (χ2v) is 9.77. The predicted molar refractivity (Wildman–Crippen MR) is 138 cm³/mol. The number of halogens is 2. The lowest BCUT2D eigenvalue weighted by Gasteiger charge is -2.12. The second kappa shape index (κ2) is 10.0. The van der Waals surface area contributed by atoms with Crippen molar-refractivity contribution in [2.24, 2.45) is 0 Å². The predicted octanol–water partition coefficient (Wildman–Crippen LogP) is 6.83. The van der Waals surface area contributed by atoms with E-state index < -0.39 is 5.97 Å². The van der Waals surface area contributed by atoms with Gasteiger partial charge in [0.1, 0.15) is 22.8 Å². The summed E-state index contributed by atoms with van der Waals surface area (Å²) in [6.07, 6.45) is 1.62. The van der Waals surface area contributed by atoms with Crippen molar-refractivity contribution in [2.75, 3.05) is 0 Å². The largest absolute Gasteiger partial charge is 0.487 e. The normalized spacial score (nSPS) is 11.6. The van der Waals surface area contributed by atoms with Gasteiger partial charge < -0.3 is 14.3 Å². The Labute approximate surface area is 210 Å². The summed E-state index contributed by atoms with van der Waals surface area (Å²) in [6, 6.07) is 21.1. The minimum absolute atomic E-state index is 0.121. The highest BCUT2D eigenvalue weighted by molar-refractivity contribution is 14.1. The number of nitrogens with zero attached hydrogens (tertiary/aromatic N) is 1. The van der Waals surface area contributed by atoms with Crippen molar-refractivity contribution in [3.05, 3.63) is 89.9 Å². The summed E-state index contributed by atoms with van der Waals surface area (Å²) in [5.41, 5.74) is 3.17. The van der Waals surface area contributed by atoms with Gasteiger partial charge in [0.15, 0.2) is 5.58 Å². The van der Waals surface area contributed by atoms with Crippen LogP contribution in [0.15, 0.2) is 81.3 Å². The number of thioether (sulfide) groups is 1. The number of oxazole rings is 1. The van der Waals surface area contributed by atoms with E-state index in [-0.39, 0.29) is 4.91 Å². The lowest BCUT2D eigenvalue weighted by molar-refractivity contribution is -0.131. The van der Waals surface area contributed by atoms with Gasteiger partial charge in [-0.25, -0.2) is 9.78 Å². The number of hydrogen-bond donors (Lipinski definition) is 1. The van der Waals surface area contributed by atoms with Gasteiger partial charge in [-0.1, -0.05) is 42.5 Å². The first-order valence-electron chi connectivity index (χ1n) is 9.14. The van der Waals surface area contributed by atoms with E-state index in [1.807, 2.05) is 60.7 Å². The van der Waals surface area contributed by atoms with E-state index in [0.717, 1.165) is 35.8 Å². The Kier molecular flexibility index (Phi) is 7.18. The second-order valence-electron chi connectivity index (χ2n) is 6.45. The number of carbonyl (C=O) groups is 1. The van der Waals surface area contributed by atoms with Gasteiger partial charge in [0, 0.05) is 0 Å². The van der Waals surface area contributed by atoms with Gasteiger partial charge in [0.05, 0.1) is 7.14 Å². The van der Waals surface area contributed by atoms with Gasteiger partial charge >= 0.3 is 5.97 Å². The van der Waals surface area contributed by atoms with Crippen molar-refractivity contribution in [2.45, 2.75) is 11.8 Å². The number of fused-ring (bicyclic) bond motifs is 1. The summed E-state index contributed by atoms with van der Waals surface area (Å²) >= 11 is 5.40. The first-order valence-corrected chi connectivity index (χ1v) is 12.1. The van der Waals surface area contributed by atoms with Crippen LogP contribution in [0.1, 0.15) is 11.1 Å². The molecule has 156 valence electrons. The van der Waals surface area contributed by atoms with Crippen LogP contribution in [0.2, 0.25) is 0 Å². The lowest BCUT2D eigenvalue weighted by Crippen LogP contribution is -2.00. The molecule has 0 atom stereocenters. The SMILES string of the molecule is O=C(O)/C(=C/c1cc(I)c(OCc2ccccc2)c(I)c1)Sc1nc2ccccc2o1. The average Bonchev–Trinajstić information content (AvgIpc) is 3.16. The standard InChI is InChI=1S/C23H15I2NO4S/c24-16-10-15(11-17(25)21(16)29-13-14-6-2-1-3-7-14)12-20(22(27)28)31-23-26-18-8-4-5-9-19(18)30-23/h1-12H,13H2,(H,27,28)/b20-12-. The van der Waals surface area contributed by atoms with Gasteiger partial charge in [-0.2, -0.15) is 0 Å². The zero-order valence-electron chi connectivity index (χ0n) is 15.9. The molecular formula is C23H15I2NO4S. The summed E-state index contributed by atoms with van der Waals surface area (Å²) in [6.45, 7) is 0.468. The zero-order chi connectivity index (χ0) is 21.8. The van der Waals surface area contributed by atoms with Crippen molar-refractivity contribution < 1.29 is 19.1 Å². The number of rotatable bonds is 7. The molecule has 0 unspecified atom stereocenters. The molecule has 1 heterocycles. The van der Waals surface area contributed by atoms with Crippen LogP contribution in [0.5, 0.6) is 5.75 Å². The van der Waals surface area contributed by atoms with Crippen LogP contribution >= 0.6 is 56.9 Å². The Hall–Kier alpha value is -2.05. The molecule has 0 bridgehead atoms. The molecule has 3 aromatic carbocycles. The van der Waals surface area contributed by atoms with E-state index in [1.165, 1.54) is 0 Å². The van der Waals surface area contributed by atoms with Crippen LogP contribution in [0, 0.1) is 7.14 Å². The number of para-hydroxylation sites is 2. The van der Waals surface area contributed by atoms with Crippen LogP contribution in [0.3, 0.4) is 0 Å². The molecule has 0 aliphatic rings. The number of carboxylic acids is 1. The molecule has 0 aliphatic carbocycles. The highest BCUT2D eigenvalue weighted by Crippen LogP contribution is 2.34. The molecule has 31 heavy (non-hydrogen) atoms. The van der Waals surface area contributed by atoms with Crippen molar-refractivity contribution in [1.29, 1.82) is 0 Å². The van der Waals surface area contributed by atoms with Crippen LogP contribution in [-0.2, 0) is 11.4 Å². The maximum atomic E-state index is 11.8. The third kappa shape index (κ3) is 5.60. The molecule has 0 radical (unpaired) electrons. The fourth-order valence-corrected chi connectivity index (χ4v) is 5.68. The topological polar surface area (TPSA) is 72.6 Å². The smallest absolute Gasteiger partial charge is 0.342 e. The highest BCUT2D eigenvalue weighted by Gasteiger charge is 2.16. The third-order valence-electron chi connectivity index (χ3n) is 4.23. The van der Waals surface area contributed by atoms with Crippen LogP contribution in [0.4, 0.5) is 0 Å². The molecule has 0 saturated heterocycles. The molecule has 1 aromatic heterocycles. The van der Waals surface area contributed by atoms with Gasteiger partial charge in [-0.05, 0) is 98.4 Å². The van der Waals surface area contributed by atoms with Crippen LogP contribution in [-0.4, -0.2) is 16.1 Å². The molecule has 5 nitrogen and oxygen atoms in total. The number of ether oxygens (including phenoxy) is 1. The summed E-state index contributed by atoms with van der Waals surface area (Å²) in [5.74, 6) is -0.257. The highest BCUT2D eigenvalue weighted by atomic mass is 127. The molecule has 4 rings (SSSR count). The fraction of sp³-hybridized carbons (Fsp3) is 0.0435. The molecule has 0 saturated carbocycles. The lowest BCUT2D eigenvalue weighted by atomic mass is 10.2. The van der Waals surface area contributed by atoms with Gasteiger partial charge in [-0.3, -0.25) is 0 Å². The van der Waals surface area contributed by atoms with Crippen molar-refractivity contribution in [3.8, 4) is 5.75 Å². The van der Waals surface area contributed by atoms with Crippen LogP contribution in [0.25, 0.3) is 17.2 Å². The van der Waals surface area contributed by atoms with E-state index in [9.17, 15) is 9.90 Å². The Bertz CT molecular complexity index is 1220. The minimum Gasteiger partial charge on any atom is -0.487 e. The fourth-order valence-electron chi connectivity index (χ4n) is 2.81. The Balaban J connectivity index is 1.56. The molecule has 0 spiro atoms. The molecule has 0 aliphatic heterocycles. The third-order valence-corrected chi connectivity index (χ3v) is 6.69. The number of carboxylic acid groups (broad SMARTS) is 1. The van der Waals surface area contributed by atoms with Gasteiger partial charge in [0.2, 0.25) is 0 Å². The van der Waals surface area contributed by atoms with E-state index in [1.54, 1.807) is 12.1 Å². The summed E-state index contributed by atoms with van der Waals surface area (Å²) in [5, 5.41) is 9.98. The van der Waals surface area contributed by atoms with Crippen LogP contribution < -0.4 is 4.74 Å². The molecule has 8 heteroatoms. The number of aliphatic carboxylic acids is 1. The monoisotopic (exact) mass is 655 g/mol. The average molecular weight is 655 g/mol.